The molecule has 3 aliphatic rings. The van der Waals surface area contributed by atoms with E-state index in [0.717, 1.165) is 11.3 Å². The molecular formula is C21H20Br2ClN3O6. The molecule has 176 valence electrons. The summed E-state index contributed by atoms with van der Waals surface area (Å²) >= 11 is 13.2. The number of imide groups is 1. The van der Waals surface area contributed by atoms with Crippen molar-refractivity contribution in [3.63, 3.8) is 0 Å². The fourth-order valence-electron chi connectivity index (χ4n) is 4.93. The summed E-state index contributed by atoms with van der Waals surface area (Å²) in [4.78, 5) is 62.9. The molecular weight excluding hydrogens is 586 g/mol. The van der Waals surface area contributed by atoms with Gasteiger partial charge in [-0.25, -0.2) is 0 Å². The SMILES string of the molecule is O=C(COC(=O)CCN1C(=O)[C@@H]2[C@H]3C[C@@H]([C@H](Br)[C@@H]3Br)[C@@H]2C1=O)NNC(=O)c1ccccc1Cl. The summed E-state index contributed by atoms with van der Waals surface area (Å²) in [5.41, 5.74) is 4.47. The van der Waals surface area contributed by atoms with Crippen LogP contribution in [0.3, 0.4) is 0 Å². The minimum atomic E-state index is -0.755. The first kappa shape index (κ1) is 24.2. The number of hydrogen-bond donors (Lipinski definition) is 2. The van der Waals surface area contributed by atoms with Crippen LogP contribution >= 0.6 is 43.5 Å². The Morgan fingerprint density at radius 1 is 1.03 bits per heavy atom. The van der Waals surface area contributed by atoms with Gasteiger partial charge in [0.05, 0.1) is 28.8 Å². The van der Waals surface area contributed by atoms with Crippen molar-refractivity contribution in [2.24, 2.45) is 23.7 Å². The van der Waals surface area contributed by atoms with Gasteiger partial charge in [0.25, 0.3) is 11.8 Å². The van der Waals surface area contributed by atoms with Crippen LogP contribution in [0, 0.1) is 23.7 Å². The smallest absolute Gasteiger partial charge is 0.308 e. The van der Waals surface area contributed by atoms with Crippen LogP contribution in [-0.2, 0) is 23.9 Å². The number of fused-ring (bicyclic) bond motifs is 5. The molecule has 3 fully saturated rings. The van der Waals surface area contributed by atoms with Crippen LogP contribution in [0.2, 0.25) is 5.02 Å². The zero-order chi connectivity index (χ0) is 23.9. The number of halogens is 3. The molecule has 2 saturated carbocycles. The van der Waals surface area contributed by atoms with Gasteiger partial charge in [-0.05, 0) is 30.4 Å². The zero-order valence-electron chi connectivity index (χ0n) is 17.1. The molecule has 0 radical (unpaired) electrons. The average Bonchev–Trinajstić information content (AvgIpc) is 3.40. The lowest BCUT2D eigenvalue weighted by Gasteiger charge is -2.28. The number of benzene rings is 1. The van der Waals surface area contributed by atoms with Gasteiger partial charge in [-0.15, -0.1) is 0 Å². The van der Waals surface area contributed by atoms with Gasteiger partial charge in [0.2, 0.25) is 11.8 Å². The fraction of sp³-hybridized carbons (Fsp3) is 0.476. The lowest BCUT2D eigenvalue weighted by Crippen LogP contribution is -2.43. The van der Waals surface area contributed by atoms with Crippen molar-refractivity contribution < 1.29 is 28.7 Å². The van der Waals surface area contributed by atoms with Gasteiger partial charge in [-0.1, -0.05) is 55.6 Å². The highest BCUT2D eigenvalue weighted by atomic mass is 79.9. The molecule has 9 nitrogen and oxygen atoms in total. The number of esters is 1. The molecule has 1 heterocycles. The third kappa shape index (κ3) is 4.54. The van der Waals surface area contributed by atoms with Crippen LogP contribution in [0.1, 0.15) is 23.2 Å². The van der Waals surface area contributed by atoms with Gasteiger partial charge in [-0.3, -0.25) is 39.7 Å². The van der Waals surface area contributed by atoms with Crippen molar-refractivity contribution in [1.82, 2.24) is 15.8 Å². The number of rotatable bonds is 6. The largest absolute Gasteiger partial charge is 0.455 e. The number of hydrogen-bond acceptors (Lipinski definition) is 6. The number of alkyl halides is 2. The topological polar surface area (TPSA) is 122 Å². The Bertz CT molecular complexity index is 991. The first-order chi connectivity index (χ1) is 15.7. The highest BCUT2D eigenvalue weighted by molar-refractivity contribution is 9.12. The second kappa shape index (κ2) is 9.71. The van der Waals surface area contributed by atoms with E-state index in [1.807, 2.05) is 0 Å². The van der Waals surface area contributed by atoms with Gasteiger partial charge < -0.3 is 4.74 Å². The quantitative estimate of drug-likeness (QED) is 0.221. The first-order valence-electron chi connectivity index (χ1n) is 10.3. The molecule has 33 heavy (non-hydrogen) atoms. The maximum atomic E-state index is 12.8. The first-order valence-corrected chi connectivity index (χ1v) is 12.5. The van der Waals surface area contributed by atoms with Crippen molar-refractivity contribution in [3.8, 4) is 0 Å². The molecule has 2 N–H and O–H groups in total. The van der Waals surface area contributed by atoms with Crippen LogP contribution in [0.4, 0.5) is 0 Å². The molecule has 0 spiro atoms. The molecule has 1 aromatic carbocycles. The molecule has 1 aromatic rings. The molecule has 2 bridgehead atoms. The number of carbonyl (C=O) groups is 5. The van der Waals surface area contributed by atoms with Gasteiger partial charge in [0.1, 0.15) is 0 Å². The third-order valence-corrected chi connectivity index (χ3v) is 9.95. The van der Waals surface area contributed by atoms with E-state index in [9.17, 15) is 24.0 Å². The summed E-state index contributed by atoms with van der Waals surface area (Å²) in [6, 6.07) is 6.30. The van der Waals surface area contributed by atoms with E-state index in [1.54, 1.807) is 12.1 Å². The molecule has 1 saturated heterocycles. The monoisotopic (exact) mass is 603 g/mol. The number of likely N-dealkylation sites (tertiary alicyclic amines) is 1. The predicted molar refractivity (Wildman–Crippen MR) is 123 cm³/mol. The number of amides is 4. The molecule has 0 aromatic heterocycles. The van der Waals surface area contributed by atoms with Crippen LogP contribution in [-0.4, -0.2) is 57.3 Å². The minimum Gasteiger partial charge on any atom is -0.455 e. The van der Waals surface area contributed by atoms with Crippen LogP contribution in [0.15, 0.2) is 24.3 Å². The van der Waals surface area contributed by atoms with Crippen LogP contribution in [0.25, 0.3) is 0 Å². The van der Waals surface area contributed by atoms with Gasteiger partial charge in [-0.2, -0.15) is 0 Å². The van der Waals surface area contributed by atoms with Crippen LogP contribution in [0.5, 0.6) is 0 Å². The highest BCUT2D eigenvalue weighted by Gasteiger charge is 2.66. The Kier molecular flexibility index (Phi) is 7.11. The Balaban J connectivity index is 1.21. The molecule has 12 heteroatoms. The Morgan fingerprint density at radius 3 is 2.24 bits per heavy atom. The van der Waals surface area contributed by atoms with E-state index >= 15 is 0 Å². The Hall–Kier alpha value is -1.98. The van der Waals surface area contributed by atoms with E-state index in [0.29, 0.717) is 0 Å². The minimum absolute atomic E-state index is 0.0896. The van der Waals surface area contributed by atoms with Gasteiger partial charge >= 0.3 is 5.97 Å². The van der Waals surface area contributed by atoms with E-state index in [2.05, 4.69) is 42.7 Å². The van der Waals surface area contributed by atoms with Crippen molar-refractivity contribution in [1.29, 1.82) is 0 Å². The summed E-state index contributed by atoms with van der Waals surface area (Å²) in [5, 5.41) is 0.220. The summed E-state index contributed by atoms with van der Waals surface area (Å²) in [5.74, 6) is -3.08. The highest BCUT2D eigenvalue weighted by Crippen LogP contribution is 2.60. The third-order valence-electron chi connectivity index (χ3n) is 6.42. The van der Waals surface area contributed by atoms with E-state index < -0.39 is 24.4 Å². The molecule has 2 aliphatic carbocycles. The molecule has 6 atom stereocenters. The van der Waals surface area contributed by atoms with E-state index in [4.69, 9.17) is 16.3 Å². The van der Waals surface area contributed by atoms with Gasteiger partial charge in [0.15, 0.2) is 6.61 Å². The number of nitrogens with zero attached hydrogens (tertiary/aromatic N) is 1. The normalized spacial score (nSPS) is 29.7. The fourth-order valence-corrected chi connectivity index (χ4v) is 7.02. The summed E-state index contributed by atoms with van der Waals surface area (Å²) in [7, 11) is 0. The Morgan fingerprint density at radius 2 is 1.64 bits per heavy atom. The number of nitrogens with one attached hydrogen (secondary N) is 2. The number of ether oxygens (including phenoxy) is 1. The Labute approximate surface area is 211 Å². The summed E-state index contributed by atoms with van der Waals surface area (Å²) < 4.78 is 4.89. The van der Waals surface area contributed by atoms with Crippen molar-refractivity contribution >= 4 is 73.1 Å². The maximum Gasteiger partial charge on any atom is 0.308 e. The van der Waals surface area contributed by atoms with Crippen molar-refractivity contribution in [2.75, 3.05) is 13.2 Å². The lowest BCUT2D eigenvalue weighted by molar-refractivity contribution is -0.150. The summed E-state index contributed by atoms with van der Waals surface area (Å²) in [6.45, 7) is -0.719. The number of hydrazine groups is 1. The van der Waals surface area contributed by atoms with Crippen molar-refractivity contribution in [3.05, 3.63) is 34.9 Å². The lowest BCUT2D eigenvalue weighted by atomic mass is 9.81. The zero-order valence-corrected chi connectivity index (χ0v) is 21.1. The van der Waals surface area contributed by atoms with Crippen LogP contribution < -0.4 is 10.9 Å². The second-order valence-electron chi connectivity index (χ2n) is 8.22. The van der Waals surface area contributed by atoms with Crippen molar-refractivity contribution in [2.45, 2.75) is 22.5 Å². The summed E-state index contributed by atoms with van der Waals surface area (Å²) in [6.07, 6.45) is 0.609. The molecule has 1 aliphatic heterocycles. The number of carbonyl (C=O) groups excluding carboxylic acids is 5. The maximum absolute atomic E-state index is 12.8. The molecule has 4 rings (SSSR count). The second-order valence-corrected chi connectivity index (χ2v) is 10.7. The molecule has 0 unspecified atom stereocenters. The van der Waals surface area contributed by atoms with E-state index in [-0.39, 0.29) is 68.7 Å². The van der Waals surface area contributed by atoms with E-state index in [1.165, 1.54) is 12.1 Å². The average molecular weight is 606 g/mol. The predicted octanol–water partition coefficient (Wildman–Crippen LogP) is 1.81. The molecule has 4 amide bonds. The standard InChI is InChI=1S/C21H20Br2ClN3O6/c22-17-10-7-11(18(17)23)16-15(10)20(31)27(21(16)32)6-5-14(29)33-8-13(28)25-26-19(30)9-3-1-2-4-12(9)24/h1-4,10-11,15-18H,5-8H2,(H,25,28)(H,26,30)/t10-,11-,15-,16+,17-,18+/m1/s1. The van der Waals surface area contributed by atoms with Gasteiger partial charge in [0, 0.05) is 16.2 Å².